The maximum absolute atomic E-state index is 12.8. The molecule has 0 atom stereocenters. The fourth-order valence-electron chi connectivity index (χ4n) is 1.49. The Labute approximate surface area is 104 Å². The van der Waals surface area contributed by atoms with Crippen LogP contribution in [-0.4, -0.2) is 15.0 Å². The summed E-state index contributed by atoms with van der Waals surface area (Å²) in [6, 6.07) is 5.93. The minimum Gasteiger partial charge on any atom is -0.368 e. The average Bonchev–Trinajstić information content (AvgIpc) is 2.32. The zero-order chi connectivity index (χ0) is 13.0. The lowest BCUT2D eigenvalue weighted by atomic mass is 10.3. The molecule has 2 aromatic rings. The number of nitrogens with zero attached hydrogens (tertiary/aromatic N) is 3. The van der Waals surface area contributed by atoms with Gasteiger partial charge < -0.3 is 11.1 Å². The molecule has 0 saturated heterocycles. The third-order valence-electron chi connectivity index (χ3n) is 2.27. The molecule has 0 amide bonds. The van der Waals surface area contributed by atoms with E-state index in [1.165, 1.54) is 12.1 Å². The average molecular weight is 247 g/mol. The van der Waals surface area contributed by atoms with E-state index in [9.17, 15) is 4.39 Å². The van der Waals surface area contributed by atoms with E-state index in [1.54, 1.807) is 12.1 Å². The molecule has 5 nitrogen and oxygen atoms in total. The number of nitrogens with two attached hydrogens (primary N) is 1. The number of halogens is 1. The normalized spacial score (nSPS) is 10.3. The summed E-state index contributed by atoms with van der Waals surface area (Å²) in [4.78, 5) is 12.3. The van der Waals surface area contributed by atoms with E-state index in [1.807, 2.05) is 6.92 Å². The first-order chi connectivity index (χ1) is 8.67. The Morgan fingerprint density at radius 3 is 2.56 bits per heavy atom. The topological polar surface area (TPSA) is 76.7 Å². The quantitative estimate of drug-likeness (QED) is 0.866. The number of aryl methyl sites for hydroxylation is 1. The van der Waals surface area contributed by atoms with Gasteiger partial charge in [-0.05, 0) is 30.7 Å². The van der Waals surface area contributed by atoms with Crippen LogP contribution in [0.15, 0.2) is 24.3 Å². The third kappa shape index (κ3) is 3.13. The lowest BCUT2D eigenvalue weighted by Gasteiger charge is -2.06. The highest BCUT2D eigenvalue weighted by molar-refractivity contribution is 5.53. The Bertz CT molecular complexity index is 526. The van der Waals surface area contributed by atoms with Crippen molar-refractivity contribution in [1.29, 1.82) is 0 Å². The highest BCUT2D eigenvalue weighted by Gasteiger charge is 2.04. The second kappa shape index (κ2) is 5.39. The molecule has 1 aromatic heterocycles. The van der Waals surface area contributed by atoms with Crippen molar-refractivity contribution in [2.75, 3.05) is 11.1 Å². The minimum atomic E-state index is -0.289. The first-order valence-corrected chi connectivity index (χ1v) is 5.70. The van der Waals surface area contributed by atoms with Crippen LogP contribution in [0.2, 0.25) is 0 Å². The van der Waals surface area contributed by atoms with Crippen molar-refractivity contribution < 1.29 is 4.39 Å². The highest BCUT2D eigenvalue weighted by atomic mass is 19.1. The molecule has 0 aliphatic carbocycles. The van der Waals surface area contributed by atoms with Crippen LogP contribution in [0.4, 0.5) is 22.0 Å². The smallest absolute Gasteiger partial charge is 0.232 e. The fraction of sp³-hybridized carbons (Fsp3) is 0.250. The van der Waals surface area contributed by atoms with Crippen molar-refractivity contribution in [3.63, 3.8) is 0 Å². The van der Waals surface area contributed by atoms with Crippen molar-refractivity contribution in [1.82, 2.24) is 15.0 Å². The number of hydrogen-bond donors (Lipinski definition) is 2. The summed E-state index contributed by atoms with van der Waals surface area (Å²) in [7, 11) is 0. The van der Waals surface area contributed by atoms with Crippen LogP contribution in [0.25, 0.3) is 0 Å². The van der Waals surface area contributed by atoms with Crippen LogP contribution in [0, 0.1) is 5.82 Å². The number of hydrogen-bond acceptors (Lipinski definition) is 5. The van der Waals surface area contributed by atoms with Gasteiger partial charge in [0.15, 0.2) is 0 Å². The number of nitrogen functional groups attached to an aromatic ring is 1. The summed E-state index contributed by atoms with van der Waals surface area (Å²) in [5.74, 6) is 0.910. The summed E-state index contributed by atoms with van der Waals surface area (Å²) < 4.78 is 12.8. The molecule has 0 aliphatic heterocycles. The Morgan fingerprint density at radius 2 is 1.89 bits per heavy atom. The molecule has 6 heteroatoms. The molecule has 0 unspecified atom stereocenters. The predicted octanol–water partition coefficient (Wildman–Crippen LogP) is 2.29. The molecule has 0 fully saturated rings. The van der Waals surface area contributed by atoms with Crippen LogP contribution in [0.5, 0.6) is 0 Å². The molecule has 0 aliphatic rings. The van der Waals surface area contributed by atoms with Gasteiger partial charge in [0.1, 0.15) is 11.6 Å². The number of rotatable bonds is 4. The molecule has 0 radical (unpaired) electrons. The number of aromatic nitrogens is 3. The first-order valence-electron chi connectivity index (χ1n) is 5.70. The predicted molar refractivity (Wildman–Crippen MR) is 67.9 cm³/mol. The molecule has 1 aromatic carbocycles. The summed E-state index contributed by atoms with van der Waals surface area (Å²) in [6.07, 6.45) is 1.67. The SMILES string of the molecule is CCCc1nc(N)nc(Nc2ccc(F)cc2)n1. The van der Waals surface area contributed by atoms with Crippen LogP contribution in [0.3, 0.4) is 0 Å². The van der Waals surface area contributed by atoms with Gasteiger partial charge in [-0.2, -0.15) is 15.0 Å². The Morgan fingerprint density at radius 1 is 1.17 bits per heavy atom. The molecule has 2 rings (SSSR count). The Balaban J connectivity index is 2.20. The Kier molecular flexibility index (Phi) is 3.66. The van der Waals surface area contributed by atoms with Gasteiger partial charge >= 0.3 is 0 Å². The lowest BCUT2D eigenvalue weighted by Crippen LogP contribution is -2.07. The van der Waals surface area contributed by atoms with Crippen molar-refractivity contribution in [2.45, 2.75) is 19.8 Å². The fourth-order valence-corrected chi connectivity index (χ4v) is 1.49. The van der Waals surface area contributed by atoms with Gasteiger partial charge in [-0.15, -0.1) is 0 Å². The monoisotopic (exact) mass is 247 g/mol. The van der Waals surface area contributed by atoms with Crippen molar-refractivity contribution >= 4 is 17.6 Å². The number of nitrogens with one attached hydrogen (secondary N) is 1. The van der Waals surface area contributed by atoms with E-state index >= 15 is 0 Å². The molecule has 3 N–H and O–H groups in total. The van der Waals surface area contributed by atoms with E-state index in [4.69, 9.17) is 5.73 Å². The third-order valence-corrected chi connectivity index (χ3v) is 2.27. The zero-order valence-corrected chi connectivity index (χ0v) is 10.0. The van der Waals surface area contributed by atoms with Crippen LogP contribution in [0.1, 0.15) is 19.2 Å². The van der Waals surface area contributed by atoms with E-state index in [-0.39, 0.29) is 11.8 Å². The first kappa shape index (κ1) is 12.2. The second-order valence-electron chi connectivity index (χ2n) is 3.82. The van der Waals surface area contributed by atoms with Gasteiger partial charge in [0, 0.05) is 12.1 Å². The largest absolute Gasteiger partial charge is 0.368 e. The standard InChI is InChI=1S/C12H14FN5/c1-2-3-10-16-11(14)18-12(17-10)15-9-6-4-8(13)5-7-9/h4-7H,2-3H2,1H3,(H3,14,15,16,17,18). The summed E-state index contributed by atoms with van der Waals surface area (Å²) in [5.41, 5.74) is 6.30. The minimum absolute atomic E-state index is 0.179. The van der Waals surface area contributed by atoms with Crippen LogP contribution in [-0.2, 0) is 6.42 Å². The van der Waals surface area contributed by atoms with Gasteiger partial charge in [-0.1, -0.05) is 6.92 Å². The van der Waals surface area contributed by atoms with Crippen LogP contribution < -0.4 is 11.1 Å². The maximum Gasteiger partial charge on any atom is 0.232 e. The number of benzene rings is 1. The maximum atomic E-state index is 12.8. The van der Waals surface area contributed by atoms with Gasteiger partial charge in [-0.25, -0.2) is 4.39 Å². The molecule has 0 bridgehead atoms. The Hall–Kier alpha value is -2.24. The molecule has 1 heterocycles. The molecule has 18 heavy (non-hydrogen) atoms. The van der Waals surface area contributed by atoms with E-state index < -0.39 is 0 Å². The van der Waals surface area contributed by atoms with Gasteiger partial charge in [-0.3, -0.25) is 0 Å². The molecule has 0 spiro atoms. The van der Waals surface area contributed by atoms with Crippen LogP contribution >= 0.6 is 0 Å². The molecule has 94 valence electrons. The summed E-state index contributed by atoms with van der Waals surface area (Å²) >= 11 is 0. The van der Waals surface area contributed by atoms with Crippen molar-refractivity contribution in [3.05, 3.63) is 35.9 Å². The second-order valence-corrected chi connectivity index (χ2v) is 3.82. The van der Waals surface area contributed by atoms with E-state index in [0.29, 0.717) is 17.5 Å². The molecular formula is C12H14FN5. The van der Waals surface area contributed by atoms with Gasteiger partial charge in [0.25, 0.3) is 0 Å². The van der Waals surface area contributed by atoms with Crippen molar-refractivity contribution in [2.24, 2.45) is 0 Å². The van der Waals surface area contributed by atoms with E-state index in [2.05, 4.69) is 20.3 Å². The van der Waals surface area contributed by atoms with Gasteiger partial charge in [0.2, 0.25) is 11.9 Å². The molecule has 0 saturated carbocycles. The zero-order valence-electron chi connectivity index (χ0n) is 10.0. The van der Waals surface area contributed by atoms with Gasteiger partial charge in [0.05, 0.1) is 0 Å². The summed E-state index contributed by atoms with van der Waals surface area (Å²) in [6.45, 7) is 2.03. The lowest BCUT2D eigenvalue weighted by molar-refractivity contribution is 0.628. The van der Waals surface area contributed by atoms with E-state index in [0.717, 1.165) is 12.8 Å². The molecular weight excluding hydrogens is 233 g/mol. The van der Waals surface area contributed by atoms with Crippen molar-refractivity contribution in [3.8, 4) is 0 Å². The highest BCUT2D eigenvalue weighted by Crippen LogP contribution is 2.14. The summed E-state index contributed by atoms with van der Waals surface area (Å²) in [5, 5.41) is 2.96. The number of anilines is 3.